The third-order valence-electron chi connectivity index (χ3n) is 1.69. The maximum absolute atomic E-state index is 11.7. The summed E-state index contributed by atoms with van der Waals surface area (Å²) in [4.78, 5) is 12.6. The first-order valence-corrected chi connectivity index (χ1v) is 6.00. The SMILES string of the molecule is CC(C)=N[N-]S(=O)(=O)c1ccccc1[N+](=O)[O-].[K+]. The number of nitrogens with zero attached hydrogens (tertiary/aromatic N) is 3. The number of nitro groups is 1. The van der Waals surface area contributed by atoms with Gasteiger partial charge >= 0.3 is 51.4 Å². The van der Waals surface area contributed by atoms with Crippen molar-refractivity contribution in [3.05, 3.63) is 39.2 Å². The minimum Gasteiger partial charge on any atom is -0.490 e. The number of sulfonamides is 1. The van der Waals surface area contributed by atoms with Crippen molar-refractivity contribution >= 4 is 21.4 Å². The molecule has 0 saturated carbocycles. The Morgan fingerprint density at radius 2 is 1.89 bits per heavy atom. The molecule has 0 aliphatic carbocycles. The van der Waals surface area contributed by atoms with E-state index in [1.54, 1.807) is 13.8 Å². The van der Waals surface area contributed by atoms with Gasteiger partial charge in [-0.3, -0.25) is 10.1 Å². The normalized spacial score (nSPS) is 10.1. The number of hydrogen-bond donors (Lipinski definition) is 0. The molecule has 0 aliphatic rings. The zero-order valence-electron chi connectivity index (χ0n) is 10.2. The first-order valence-electron chi connectivity index (χ1n) is 4.56. The molecule has 0 radical (unpaired) electrons. The van der Waals surface area contributed by atoms with Crippen LogP contribution in [0.2, 0.25) is 0 Å². The van der Waals surface area contributed by atoms with E-state index in [0.717, 1.165) is 12.1 Å². The van der Waals surface area contributed by atoms with Gasteiger partial charge in [-0.15, -0.1) is 0 Å². The fourth-order valence-corrected chi connectivity index (χ4v) is 2.02. The Morgan fingerprint density at radius 1 is 1.33 bits per heavy atom. The van der Waals surface area contributed by atoms with Crippen molar-refractivity contribution in [3.63, 3.8) is 0 Å². The molecule has 0 N–H and O–H groups in total. The van der Waals surface area contributed by atoms with E-state index in [-0.39, 0.29) is 51.4 Å². The number of nitro benzene ring substituents is 1. The molecular formula is C9H10KN3O4S. The summed E-state index contributed by atoms with van der Waals surface area (Å²) in [5.41, 5.74) is -0.0765. The minimum atomic E-state index is -4.14. The molecule has 0 heterocycles. The van der Waals surface area contributed by atoms with Crippen molar-refractivity contribution in [1.29, 1.82) is 0 Å². The summed E-state index contributed by atoms with van der Waals surface area (Å²) in [6.07, 6.45) is 0. The Bertz CT molecular complexity index is 567. The Morgan fingerprint density at radius 3 is 2.39 bits per heavy atom. The van der Waals surface area contributed by atoms with E-state index < -0.39 is 25.5 Å². The average molecular weight is 295 g/mol. The molecule has 92 valence electrons. The number of rotatable bonds is 4. The second-order valence-electron chi connectivity index (χ2n) is 3.33. The molecule has 7 nitrogen and oxygen atoms in total. The third kappa shape index (κ3) is 4.74. The Hall–Kier alpha value is -0.324. The molecule has 1 aromatic carbocycles. The maximum atomic E-state index is 11.7. The van der Waals surface area contributed by atoms with Gasteiger partial charge in [0.2, 0.25) is 0 Å². The molecule has 1 rings (SSSR count). The van der Waals surface area contributed by atoms with E-state index in [9.17, 15) is 18.5 Å². The zero-order valence-corrected chi connectivity index (χ0v) is 14.1. The van der Waals surface area contributed by atoms with Crippen molar-refractivity contribution in [1.82, 2.24) is 0 Å². The molecule has 0 bridgehead atoms. The Labute approximate surface area is 147 Å². The fraction of sp³-hybridized carbons (Fsp3) is 0.222. The van der Waals surface area contributed by atoms with Gasteiger partial charge in [0, 0.05) is 6.07 Å². The summed E-state index contributed by atoms with van der Waals surface area (Å²) in [6.45, 7) is 3.14. The van der Waals surface area contributed by atoms with Crippen LogP contribution in [0, 0.1) is 10.1 Å². The van der Waals surface area contributed by atoms with Crippen molar-refractivity contribution in [2.24, 2.45) is 5.10 Å². The van der Waals surface area contributed by atoms with Gasteiger partial charge < -0.3 is 9.93 Å². The minimum absolute atomic E-state index is 0. The van der Waals surface area contributed by atoms with E-state index in [0.29, 0.717) is 5.71 Å². The molecule has 0 fully saturated rings. The molecule has 0 atom stereocenters. The monoisotopic (exact) mass is 295 g/mol. The number of hydrogen-bond acceptors (Lipinski definition) is 5. The van der Waals surface area contributed by atoms with Crippen molar-refractivity contribution in [3.8, 4) is 0 Å². The van der Waals surface area contributed by atoms with E-state index in [1.165, 1.54) is 12.1 Å². The first-order chi connectivity index (χ1) is 7.84. The molecule has 0 spiro atoms. The van der Waals surface area contributed by atoms with Crippen molar-refractivity contribution in [2.45, 2.75) is 18.7 Å². The molecule has 9 heteroatoms. The van der Waals surface area contributed by atoms with Crippen LogP contribution in [0.4, 0.5) is 5.69 Å². The van der Waals surface area contributed by atoms with Gasteiger partial charge in [-0.25, -0.2) is 8.42 Å². The molecule has 18 heavy (non-hydrogen) atoms. The van der Waals surface area contributed by atoms with Gasteiger partial charge in [-0.05, 0) is 25.6 Å². The predicted molar refractivity (Wildman–Crippen MR) is 62.4 cm³/mol. The second-order valence-corrected chi connectivity index (χ2v) is 4.88. The summed E-state index contributed by atoms with van der Waals surface area (Å²) >= 11 is 0. The largest absolute Gasteiger partial charge is 1.00 e. The van der Waals surface area contributed by atoms with Gasteiger partial charge in [-0.1, -0.05) is 12.1 Å². The molecule has 0 unspecified atom stereocenters. The van der Waals surface area contributed by atoms with Crippen LogP contribution in [0.15, 0.2) is 34.3 Å². The molecule has 0 amide bonds. The number of para-hydroxylation sites is 1. The van der Waals surface area contributed by atoms with Gasteiger partial charge in [-0.2, -0.15) is 0 Å². The molecule has 0 aliphatic heterocycles. The van der Waals surface area contributed by atoms with Crippen LogP contribution < -0.4 is 51.4 Å². The molecular weight excluding hydrogens is 285 g/mol. The van der Waals surface area contributed by atoms with Crippen molar-refractivity contribution in [2.75, 3.05) is 0 Å². The summed E-state index contributed by atoms with van der Waals surface area (Å²) in [5, 5.41) is 14.1. The zero-order chi connectivity index (χ0) is 13.1. The van der Waals surface area contributed by atoms with Crippen LogP contribution in [0.1, 0.15) is 13.8 Å². The number of benzene rings is 1. The summed E-state index contributed by atoms with van der Waals surface area (Å²) in [6, 6.07) is 4.99. The standard InChI is InChI=1S/C9H10N3O4S.K/c1-7(2)10-11-17(15,16)9-6-4-3-5-8(9)12(13)14;/h3-6H,1-2H3;/q-1;+1. The van der Waals surface area contributed by atoms with E-state index in [1.807, 2.05) is 0 Å². The van der Waals surface area contributed by atoms with Gasteiger partial charge in [0.25, 0.3) is 5.69 Å². The second kappa shape index (κ2) is 7.31. The topological polar surface area (TPSA) is 104 Å². The first kappa shape index (κ1) is 17.7. The van der Waals surface area contributed by atoms with E-state index in [4.69, 9.17) is 0 Å². The van der Waals surface area contributed by atoms with Crippen LogP contribution >= 0.6 is 0 Å². The molecule has 0 aromatic heterocycles. The third-order valence-corrected chi connectivity index (χ3v) is 2.89. The fourth-order valence-electron chi connectivity index (χ4n) is 1.01. The van der Waals surface area contributed by atoms with Crippen LogP contribution in [-0.2, 0) is 10.0 Å². The average Bonchev–Trinajstić information content (AvgIpc) is 2.26. The maximum Gasteiger partial charge on any atom is 1.00 e. The Balaban J connectivity index is 0.00000289. The molecule has 1 aromatic rings. The van der Waals surface area contributed by atoms with Crippen LogP contribution in [0.5, 0.6) is 0 Å². The van der Waals surface area contributed by atoms with E-state index >= 15 is 0 Å². The molecule has 0 saturated heterocycles. The quantitative estimate of drug-likeness (QED) is 0.309. The van der Waals surface area contributed by atoms with Gasteiger partial charge in [0.15, 0.2) is 0 Å². The van der Waals surface area contributed by atoms with Crippen molar-refractivity contribution < 1.29 is 64.7 Å². The predicted octanol–water partition coefficient (Wildman–Crippen LogP) is -0.943. The van der Waals surface area contributed by atoms with Crippen LogP contribution in [-0.4, -0.2) is 19.1 Å². The van der Waals surface area contributed by atoms with E-state index in [2.05, 4.69) is 9.93 Å². The van der Waals surface area contributed by atoms with Gasteiger partial charge in [0.1, 0.15) is 14.9 Å². The summed E-state index contributed by atoms with van der Waals surface area (Å²) in [5.74, 6) is 0. The smallest absolute Gasteiger partial charge is 0.490 e. The van der Waals surface area contributed by atoms with Crippen LogP contribution in [0.25, 0.3) is 4.83 Å². The van der Waals surface area contributed by atoms with Crippen LogP contribution in [0.3, 0.4) is 0 Å². The summed E-state index contributed by atoms with van der Waals surface area (Å²) in [7, 11) is -4.14. The Kier molecular flexibility index (Phi) is 7.18. The summed E-state index contributed by atoms with van der Waals surface area (Å²) < 4.78 is 23.4. The van der Waals surface area contributed by atoms with Gasteiger partial charge in [0.05, 0.1) is 4.92 Å².